The van der Waals surface area contributed by atoms with E-state index in [1.54, 1.807) is 30.3 Å². The molecule has 0 fully saturated rings. The fraction of sp³-hybridized carbons (Fsp3) is 0.0333. The zero-order chi connectivity index (χ0) is 24.9. The molecule has 36 heavy (non-hydrogen) atoms. The van der Waals surface area contributed by atoms with Crippen LogP contribution in [0.2, 0.25) is 0 Å². The number of hydrogen-bond acceptors (Lipinski definition) is 4. The van der Waals surface area contributed by atoms with Crippen LogP contribution in [0.15, 0.2) is 120 Å². The summed E-state index contributed by atoms with van der Waals surface area (Å²) in [7, 11) is 0. The monoisotopic (exact) mass is 474 g/mol. The molecule has 6 heteroatoms. The SMILES string of the molecule is O=C(O)c1ccc(COc2ccccc2/C=C2\C(=O)N(c3ccccc3)N=C2c2ccccc2)cc1. The summed E-state index contributed by atoms with van der Waals surface area (Å²) < 4.78 is 6.06. The maximum Gasteiger partial charge on any atom is 0.335 e. The number of benzene rings is 4. The van der Waals surface area contributed by atoms with Crippen LogP contribution in [-0.4, -0.2) is 22.7 Å². The molecule has 0 saturated carbocycles. The van der Waals surface area contributed by atoms with Crippen LogP contribution in [0.25, 0.3) is 6.08 Å². The molecule has 0 atom stereocenters. The molecule has 6 nitrogen and oxygen atoms in total. The molecule has 0 saturated heterocycles. The van der Waals surface area contributed by atoms with Crippen LogP contribution >= 0.6 is 0 Å². The second kappa shape index (κ2) is 10.1. The van der Waals surface area contributed by atoms with E-state index < -0.39 is 5.97 Å². The minimum absolute atomic E-state index is 0.222. The van der Waals surface area contributed by atoms with Crippen molar-refractivity contribution < 1.29 is 19.4 Å². The summed E-state index contributed by atoms with van der Waals surface area (Å²) in [5.41, 5.74) is 4.37. The van der Waals surface area contributed by atoms with Crippen LogP contribution in [0.1, 0.15) is 27.0 Å². The van der Waals surface area contributed by atoms with Crippen molar-refractivity contribution in [2.75, 3.05) is 5.01 Å². The normalized spacial score (nSPS) is 14.1. The summed E-state index contributed by atoms with van der Waals surface area (Å²) in [6, 6.07) is 33.0. The second-order valence-corrected chi connectivity index (χ2v) is 8.15. The highest BCUT2D eigenvalue weighted by atomic mass is 16.5. The lowest BCUT2D eigenvalue weighted by atomic mass is 10.00. The Balaban J connectivity index is 1.47. The molecule has 1 aliphatic rings. The second-order valence-electron chi connectivity index (χ2n) is 8.15. The van der Waals surface area contributed by atoms with Gasteiger partial charge in [-0.3, -0.25) is 4.79 Å². The minimum atomic E-state index is -0.971. The van der Waals surface area contributed by atoms with Gasteiger partial charge in [0.15, 0.2) is 0 Å². The van der Waals surface area contributed by atoms with Crippen LogP contribution in [-0.2, 0) is 11.4 Å². The lowest BCUT2D eigenvalue weighted by Gasteiger charge is -2.12. The van der Waals surface area contributed by atoms with Crippen molar-refractivity contribution >= 4 is 29.4 Å². The van der Waals surface area contributed by atoms with Crippen LogP contribution in [0.5, 0.6) is 5.75 Å². The first kappa shape index (κ1) is 22.8. The van der Waals surface area contributed by atoms with E-state index in [4.69, 9.17) is 9.84 Å². The van der Waals surface area contributed by atoms with E-state index >= 15 is 0 Å². The third-order valence-electron chi connectivity index (χ3n) is 5.74. The number of hydrogen-bond donors (Lipinski definition) is 1. The topological polar surface area (TPSA) is 79.2 Å². The maximum absolute atomic E-state index is 13.5. The quantitative estimate of drug-likeness (QED) is 0.344. The maximum atomic E-state index is 13.5. The Morgan fingerprint density at radius 3 is 2.17 bits per heavy atom. The molecule has 5 rings (SSSR count). The highest BCUT2D eigenvalue weighted by Gasteiger charge is 2.32. The van der Waals surface area contributed by atoms with Crippen molar-refractivity contribution in [2.24, 2.45) is 5.10 Å². The van der Waals surface area contributed by atoms with Crippen molar-refractivity contribution in [1.29, 1.82) is 0 Å². The number of nitrogens with zero attached hydrogens (tertiary/aromatic N) is 2. The summed E-state index contributed by atoms with van der Waals surface area (Å²) in [6.07, 6.45) is 1.81. The molecule has 176 valence electrons. The zero-order valence-corrected chi connectivity index (χ0v) is 19.2. The van der Waals surface area contributed by atoms with E-state index in [9.17, 15) is 9.59 Å². The fourth-order valence-electron chi connectivity index (χ4n) is 3.89. The molecule has 4 aromatic carbocycles. The summed E-state index contributed by atoms with van der Waals surface area (Å²) in [4.78, 5) is 24.6. The van der Waals surface area contributed by atoms with Crippen molar-refractivity contribution in [2.45, 2.75) is 6.61 Å². The minimum Gasteiger partial charge on any atom is -0.488 e. The number of carbonyl (C=O) groups excluding carboxylic acids is 1. The zero-order valence-electron chi connectivity index (χ0n) is 19.2. The standard InChI is InChI=1S/C30H22N2O4/c33-29-26(28(22-9-3-1-4-10-22)31-32(29)25-12-5-2-6-13-25)19-24-11-7-8-14-27(24)36-20-21-15-17-23(18-16-21)30(34)35/h1-19H,20H2,(H,34,35)/b26-19-. The van der Waals surface area contributed by atoms with Gasteiger partial charge >= 0.3 is 5.97 Å². The predicted octanol–water partition coefficient (Wildman–Crippen LogP) is 5.80. The van der Waals surface area contributed by atoms with Gasteiger partial charge < -0.3 is 9.84 Å². The number of para-hydroxylation sites is 2. The number of hydrazone groups is 1. The van der Waals surface area contributed by atoms with E-state index in [1.807, 2.05) is 84.9 Å². The Morgan fingerprint density at radius 1 is 0.833 bits per heavy atom. The van der Waals surface area contributed by atoms with Gasteiger partial charge in [0, 0.05) is 11.1 Å². The van der Waals surface area contributed by atoms with Gasteiger partial charge in [0.1, 0.15) is 18.1 Å². The van der Waals surface area contributed by atoms with Gasteiger partial charge in [-0.05, 0) is 42.0 Å². The summed E-state index contributed by atoms with van der Waals surface area (Å²) >= 11 is 0. The highest BCUT2D eigenvalue weighted by Crippen LogP contribution is 2.30. The van der Waals surface area contributed by atoms with Gasteiger partial charge in [-0.15, -0.1) is 0 Å². The van der Waals surface area contributed by atoms with Crippen LogP contribution < -0.4 is 9.75 Å². The number of amides is 1. The molecule has 1 aliphatic heterocycles. The Kier molecular flexibility index (Phi) is 6.40. The fourth-order valence-corrected chi connectivity index (χ4v) is 3.89. The smallest absolute Gasteiger partial charge is 0.335 e. The first-order chi connectivity index (χ1) is 17.6. The molecule has 0 bridgehead atoms. The number of rotatable bonds is 7. The molecule has 1 amide bonds. The van der Waals surface area contributed by atoms with Crippen molar-refractivity contribution in [1.82, 2.24) is 0 Å². The van der Waals surface area contributed by atoms with E-state index in [1.165, 1.54) is 5.01 Å². The molecule has 4 aromatic rings. The number of aromatic carboxylic acids is 1. The van der Waals surface area contributed by atoms with Crippen molar-refractivity contribution in [3.8, 4) is 5.75 Å². The van der Waals surface area contributed by atoms with Gasteiger partial charge in [-0.25, -0.2) is 4.79 Å². The first-order valence-corrected chi connectivity index (χ1v) is 11.4. The molecular weight excluding hydrogens is 452 g/mol. The number of carbonyl (C=O) groups is 2. The third-order valence-corrected chi connectivity index (χ3v) is 5.74. The number of anilines is 1. The Morgan fingerprint density at radius 2 is 1.47 bits per heavy atom. The lowest BCUT2D eigenvalue weighted by molar-refractivity contribution is -0.114. The van der Waals surface area contributed by atoms with Crippen LogP contribution in [0, 0.1) is 0 Å². The van der Waals surface area contributed by atoms with Gasteiger partial charge in [0.25, 0.3) is 5.91 Å². The molecule has 0 spiro atoms. The van der Waals surface area contributed by atoms with Gasteiger partial charge in [0.2, 0.25) is 0 Å². The number of carboxylic acid groups (broad SMARTS) is 1. The first-order valence-electron chi connectivity index (χ1n) is 11.4. The molecule has 1 heterocycles. The van der Waals surface area contributed by atoms with Crippen molar-refractivity contribution in [3.05, 3.63) is 137 Å². The van der Waals surface area contributed by atoms with Gasteiger partial charge in [0.05, 0.1) is 16.8 Å². The van der Waals surface area contributed by atoms with Crippen LogP contribution in [0.4, 0.5) is 5.69 Å². The average molecular weight is 475 g/mol. The van der Waals surface area contributed by atoms with E-state index in [0.29, 0.717) is 22.7 Å². The molecular formula is C30H22N2O4. The van der Waals surface area contributed by atoms with Gasteiger partial charge in [-0.2, -0.15) is 10.1 Å². The van der Waals surface area contributed by atoms with Crippen LogP contribution in [0.3, 0.4) is 0 Å². The van der Waals surface area contributed by atoms with Gasteiger partial charge in [-0.1, -0.05) is 78.9 Å². The highest BCUT2D eigenvalue weighted by molar-refractivity contribution is 6.37. The summed E-state index contributed by atoms with van der Waals surface area (Å²) in [6.45, 7) is 0.254. The largest absolute Gasteiger partial charge is 0.488 e. The van der Waals surface area contributed by atoms with E-state index in [2.05, 4.69) is 5.10 Å². The van der Waals surface area contributed by atoms with E-state index in [-0.39, 0.29) is 18.1 Å². The molecule has 0 unspecified atom stereocenters. The van der Waals surface area contributed by atoms with E-state index in [0.717, 1.165) is 16.7 Å². The summed E-state index contributed by atoms with van der Waals surface area (Å²) in [5.74, 6) is -0.592. The number of carboxylic acids is 1. The Bertz CT molecular complexity index is 1460. The predicted molar refractivity (Wildman–Crippen MR) is 139 cm³/mol. The molecule has 1 N–H and O–H groups in total. The summed E-state index contributed by atoms with van der Waals surface area (Å²) in [5, 5.41) is 15.2. The third kappa shape index (κ3) is 4.79. The number of ether oxygens (including phenoxy) is 1. The Hall–Kier alpha value is -4.97. The average Bonchev–Trinajstić information content (AvgIpc) is 3.25. The molecule has 0 aromatic heterocycles. The molecule has 0 radical (unpaired) electrons. The van der Waals surface area contributed by atoms with Crippen molar-refractivity contribution in [3.63, 3.8) is 0 Å². The Labute approximate surface area is 208 Å². The lowest BCUT2D eigenvalue weighted by Crippen LogP contribution is -2.21. The molecule has 0 aliphatic carbocycles.